The van der Waals surface area contributed by atoms with Gasteiger partial charge in [-0.15, -0.1) is 0 Å². The average molecular weight is 304 g/mol. The van der Waals surface area contributed by atoms with E-state index in [4.69, 9.17) is 33.4 Å². The quantitative estimate of drug-likeness (QED) is 0.788. The highest BCUT2D eigenvalue weighted by molar-refractivity contribution is 6.42. The van der Waals surface area contributed by atoms with Crippen LogP contribution in [0, 0.1) is 0 Å². The van der Waals surface area contributed by atoms with Gasteiger partial charge >= 0.3 is 0 Å². The van der Waals surface area contributed by atoms with Crippen molar-refractivity contribution in [2.75, 3.05) is 26.3 Å². The third-order valence-corrected chi connectivity index (χ3v) is 3.27. The van der Waals surface area contributed by atoms with Gasteiger partial charge in [0.15, 0.2) is 0 Å². The Kier molecular flexibility index (Phi) is 6.87. The van der Waals surface area contributed by atoms with Gasteiger partial charge in [0.25, 0.3) is 0 Å². The lowest BCUT2D eigenvalue weighted by atomic mass is 10.2. The fraction of sp³-hybridized carbons (Fsp3) is 0.308. The molecule has 0 atom stereocenters. The van der Waals surface area contributed by atoms with Gasteiger partial charge in [-0.1, -0.05) is 35.3 Å². The van der Waals surface area contributed by atoms with Crippen LogP contribution in [0.5, 0.6) is 0 Å². The maximum Gasteiger partial charge on any atom is 0.246 e. The first kappa shape index (κ1) is 16.0. The largest absolute Gasteiger partial charge is 0.395 e. The second kappa shape index (κ2) is 8.17. The van der Waals surface area contributed by atoms with Crippen molar-refractivity contribution < 1.29 is 15.0 Å². The zero-order chi connectivity index (χ0) is 14.3. The minimum Gasteiger partial charge on any atom is -0.395 e. The van der Waals surface area contributed by atoms with E-state index in [1.165, 1.54) is 11.0 Å². The summed E-state index contributed by atoms with van der Waals surface area (Å²) in [4.78, 5) is 13.2. The minimum absolute atomic E-state index is 0.155. The van der Waals surface area contributed by atoms with Crippen LogP contribution in [0.15, 0.2) is 24.3 Å². The van der Waals surface area contributed by atoms with E-state index in [0.29, 0.717) is 15.6 Å². The van der Waals surface area contributed by atoms with Crippen molar-refractivity contribution in [2.45, 2.75) is 0 Å². The Bertz CT molecular complexity index is 457. The Balaban J connectivity index is 2.79. The topological polar surface area (TPSA) is 60.8 Å². The van der Waals surface area contributed by atoms with E-state index in [2.05, 4.69) is 0 Å². The van der Waals surface area contributed by atoms with Crippen molar-refractivity contribution >= 4 is 35.2 Å². The molecular formula is C13H15Cl2NO3. The summed E-state index contributed by atoms with van der Waals surface area (Å²) in [6, 6.07) is 5.13. The Labute approximate surface area is 121 Å². The molecule has 1 amide bonds. The fourth-order valence-electron chi connectivity index (χ4n) is 1.49. The van der Waals surface area contributed by atoms with Gasteiger partial charge in [-0.25, -0.2) is 0 Å². The van der Waals surface area contributed by atoms with E-state index in [1.807, 2.05) is 0 Å². The monoisotopic (exact) mass is 303 g/mol. The van der Waals surface area contributed by atoms with Crippen LogP contribution in [0.25, 0.3) is 6.08 Å². The highest BCUT2D eigenvalue weighted by atomic mass is 35.5. The van der Waals surface area contributed by atoms with Crippen molar-refractivity contribution in [3.63, 3.8) is 0 Å². The summed E-state index contributed by atoms with van der Waals surface area (Å²) in [5.41, 5.74) is 0.635. The third-order valence-electron chi connectivity index (χ3n) is 2.44. The number of aliphatic hydroxyl groups is 2. The van der Waals surface area contributed by atoms with Gasteiger partial charge in [-0.05, 0) is 17.7 Å². The number of halogens is 2. The van der Waals surface area contributed by atoms with E-state index >= 15 is 0 Å². The maximum absolute atomic E-state index is 11.8. The molecule has 1 aromatic rings. The number of rotatable bonds is 6. The Hall–Kier alpha value is -1.07. The van der Waals surface area contributed by atoms with Crippen molar-refractivity contribution in [3.05, 3.63) is 39.9 Å². The van der Waals surface area contributed by atoms with E-state index in [9.17, 15) is 4.79 Å². The van der Waals surface area contributed by atoms with Crippen LogP contribution in [-0.2, 0) is 4.79 Å². The molecule has 19 heavy (non-hydrogen) atoms. The number of benzene rings is 1. The summed E-state index contributed by atoms with van der Waals surface area (Å²) < 4.78 is 0. The van der Waals surface area contributed by atoms with Crippen LogP contribution in [0.4, 0.5) is 0 Å². The number of carbonyl (C=O) groups excluding carboxylic acids is 1. The molecule has 0 radical (unpaired) electrons. The van der Waals surface area contributed by atoms with Crippen LogP contribution in [-0.4, -0.2) is 47.3 Å². The van der Waals surface area contributed by atoms with Crippen LogP contribution in [0.1, 0.15) is 5.56 Å². The van der Waals surface area contributed by atoms with Crippen LogP contribution in [0.2, 0.25) is 10.0 Å². The molecule has 0 bridgehead atoms. The van der Waals surface area contributed by atoms with Crippen molar-refractivity contribution in [1.29, 1.82) is 0 Å². The summed E-state index contributed by atoms with van der Waals surface area (Å²) in [6.45, 7) is 0.0367. The van der Waals surface area contributed by atoms with Gasteiger partial charge in [0, 0.05) is 19.2 Å². The van der Waals surface area contributed by atoms with Gasteiger partial charge in [0.1, 0.15) is 0 Å². The first-order chi connectivity index (χ1) is 9.10. The molecule has 2 N–H and O–H groups in total. The summed E-state index contributed by atoms with van der Waals surface area (Å²) >= 11 is 11.9. The lowest BCUT2D eigenvalue weighted by Gasteiger charge is -2.18. The second-order valence-electron chi connectivity index (χ2n) is 3.75. The van der Waals surface area contributed by atoms with Gasteiger partial charge in [0.05, 0.1) is 23.3 Å². The highest BCUT2D eigenvalue weighted by Gasteiger charge is 2.09. The molecule has 0 aliphatic rings. The SMILES string of the molecule is O=C(C=Cc1cccc(Cl)c1Cl)N(CCO)CCO. The molecule has 0 aromatic heterocycles. The lowest BCUT2D eigenvalue weighted by molar-refractivity contribution is -0.126. The molecule has 0 aliphatic heterocycles. The molecule has 0 saturated heterocycles. The minimum atomic E-state index is -0.306. The maximum atomic E-state index is 11.8. The van der Waals surface area contributed by atoms with Crippen LogP contribution < -0.4 is 0 Å². The molecule has 4 nitrogen and oxygen atoms in total. The van der Waals surface area contributed by atoms with Crippen molar-refractivity contribution in [1.82, 2.24) is 4.90 Å². The first-order valence-corrected chi connectivity index (χ1v) is 6.48. The van der Waals surface area contributed by atoms with E-state index in [1.54, 1.807) is 24.3 Å². The molecular weight excluding hydrogens is 289 g/mol. The lowest BCUT2D eigenvalue weighted by Crippen LogP contribution is -2.34. The molecule has 0 heterocycles. The van der Waals surface area contributed by atoms with Crippen LogP contribution >= 0.6 is 23.2 Å². The van der Waals surface area contributed by atoms with Gasteiger partial charge in [-0.3, -0.25) is 4.79 Å². The van der Waals surface area contributed by atoms with Gasteiger partial charge in [0.2, 0.25) is 5.91 Å². The second-order valence-corrected chi connectivity index (χ2v) is 4.53. The Morgan fingerprint density at radius 2 is 1.84 bits per heavy atom. The Morgan fingerprint density at radius 1 is 1.21 bits per heavy atom. The van der Waals surface area contributed by atoms with Gasteiger partial charge < -0.3 is 15.1 Å². The summed E-state index contributed by atoms with van der Waals surface area (Å²) in [6.07, 6.45) is 2.89. The van der Waals surface area contributed by atoms with Crippen LogP contribution in [0.3, 0.4) is 0 Å². The fourth-order valence-corrected chi connectivity index (χ4v) is 1.86. The predicted octanol–water partition coefficient (Wildman–Crippen LogP) is 1.82. The van der Waals surface area contributed by atoms with E-state index in [0.717, 1.165) is 0 Å². The molecule has 0 unspecified atom stereocenters. The van der Waals surface area contributed by atoms with E-state index in [-0.39, 0.29) is 32.2 Å². The van der Waals surface area contributed by atoms with Crippen molar-refractivity contribution in [2.24, 2.45) is 0 Å². The molecule has 1 rings (SSSR count). The smallest absolute Gasteiger partial charge is 0.246 e. The molecule has 0 saturated carbocycles. The van der Waals surface area contributed by atoms with Gasteiger partial charge in [-0.2, -0.15) is 0 Å². The summed E-state index contributed by atoms with van der Waals surface area (Å²) in [7, 11) is 0. The zero-order valence-corrected chi connectivity index (χ0v) is 11.7. The molecule has 0 fully saturated rings. The molecule has 6 heteroatoms. The number of hydrogen-bond donors (Lipinski definition) is 2. The number of aliphatic hydroxyl groups excluding tert-OH is 2. The number of carbonyl (C=O) groups is 1. The average Bonchev–Trinajstić information content (AvgIpc) is 2.40. The predicted molar refractivity (Wildman–Crippen MR) is 76.2 cm³/mol. The number of hydrogen-bond acceptors (Lipinski definition) is 3. The summed E-state index contributed by atoms with van der Waals surface area (Å²) in [5.74, 6) is -0.306. The highest BCUT2D eigenvalue weighted by Crippen LogP contribution is 2.26. The van der Waals surface area contributed by atoms with E-state index < -0.39 is 0 Å². The number of nitrogens with zero attached hydrogens (tertiary/aromatic N) is 1. The molecule has 0 spiro atoms. The normalized spacial score (nSPS) is 10.9. The Morgan fingerprint density at radius 3 is 2.42 bits per heavy atom. The summed E-state index contributed by atoms with van der Waals surface area (Å²) in [5, 5.41) is 18.5. The molecule has 0 aliphatic carbocycles. The van der Waals surface area contributed by atoms with Crippen molar-refractivity contribution in [3.8, 4) is 0 Å². The number of amides is 1. The third kappa shape index (κ3) is 4.84. The molecule has 1 aromatic carbocycles. The molecule has 104 valence electrons. The standard InChI is InChI=1S/C13H15Cl2NO3/c14-11-3-1-2-10(13(11)15)4-5-12(19)16(6-8-17)7-9-18/h1-5,17-18H,6-9H2. The zero-order valence-electron chi connectivity index (χ0n) is 10.2. The first-order valence-electron chi connectivity index (χ1n) is 5.73.